The van der Waals surface area contributed by atoms with Crippen molar-refractivity contribution in [3.8, 4) is 0 Å². The molecule has 1 fully saturated rings. The first-order valence-corrected chi connectivity index (χ1v) is 7.22. The Balaban J connectivity index is 1.96. The third kappa shape index (κ3) is 2.77. The van der Waals surface area contributed by atoms with Gasteiger partial charge >= 0.3 is 0 Å². The molecule has 0 aliphatic carbocycles. The number of aromatic nitrogens is 2. The largest absolute Gasteiger partial charge is 0.409 e. The number of anilines is 1. The van der Waals surface area contributed by atoms with Gasteiger partial charge in [-0.1, -0.05) is 5.16 Å². The maximum atomic E-state index is 8.78. The van der Waals surface area contributed by atoms with E-state index < -0.39 is 6.10 Å². The summed E-state index contributed by atoms with van der Waals surface area (Å²) in [5, 5.41) is 11.8. The van der Waals surface area contributed by atoms with E-state index in [4.69, 9.17) is 15.7 Å². The van der Waals surface area contributed by atoms with Gasteiger partial charge in [-0.05, 0) is 28.1 Å². The summed E-state index contributed by atoms with van der Waals surface area (Å²) >= 11 is 3.39. The van der Waals surface area contributed by atoms with Crippen molar-refractivity contribution in [3.63, 3.8) is 0 Å². The van der Waals surface area contributed by atoms with Crippen molar-refractivity contribution in [1.82, 2.24) is 9.97 Å². The van der Waals surface area contributed by atoms with E-state index in [0.717, 1.165) is 21.2 Å². The Morgan fingerprint density at radius 1 is 1.52 bits per heavy atom. The van der Waals surface area contributed by atoms with E-state index in [1.807, 2.05) is 12.1 Å². The van der Waals surface area contributed by atoms with Crippen LogP contribution in [0.1, 0.15) is 0 Å². The highest BCUT2D eigenvalue weighted by molar-refractivity contribution is 9.10. The Bertz CT molecular complexity index is 693. The molecule has 1 unspecified atom stereocenters. The number of nitrogens with two attached hydrogens (primary N) is 1. The van der Waals surface area contributed by atoms with Crippen molar-refractivity contribution in [2.45, 2.75) is 6.10 Å². The molecule has 2 aromatic heterocycles. The summed E-state index contributed by atoms with van der Waals surface area (Å²) in [6.07, 6.45) is 3.07. The zero-order valence-corrected chi connectivity index (χ0v) is 12.7. The second-order valence-electron chi connectivity index (χ2n) is 4.68. The van der Waals surface area contributed by atoms with Crippen molar-refractivity contribution in [2.24, 2.45) is 10.9 Å². The van der Waals surface area contributed by atoms with Gasteiger partial charge in [0.1, 0.15) is 11.6 Å². The molecule has 0 saturated carbocycles. The highest BCUT2D eigenvalue weighted by Crippen LogP contribution is 2.26. The third-order valence-corrected chi connectivity index (χ3v) is 3.81. The summed E-state index contributed by atoms with van der Waals surface area (Å²) in [5.41, 5.74) is 8.23. The van der Waals surface area contributed by atoms with E-state index >= 15 is 0 Å². The molecule has 0 radical (unpaired) electrons. The second kappa shape index (κ2) is 5.82. The van der Waals surface area contributed by atoms with E-state index in [2.05, 4.69) is 36.0 Å². The van der Waals surface area contributed by atoms with E-state index in [-0.39, 0.29) is 5.84 Å². The molecule has 110 valence electrons. The van der Waals surface area contributed by atoms with Crippen LogP contribution in [-0.4, -0.2) is 46.8 Å². The topological polar surface area (TPSA) is 96.9 Å². The quantitative estimate of drug-likeness (QED) is 0.367. The number of hydrogen-bond acceptors (Lipinski definition) is 6. The van der Waals surface area contributed by atoms with Crippen LogP contribution in [0.3, 0.4) is 0 Å². The van der Waals surface area contributed by atoms with E-state index in [1.54, 1.807) is 12.4 Å². The minimum atomic E-state index is -0.428. The number of nitrogens with zero attached hydrogens (tertiary/aromatic N) is 4. The summed E-state index contributed by atoms with van der Waals surface area (Å²) in [6.45, 7) is 1.72. The number of morpholine rings is 1. The molecule has 0 amide bonds. The maximum absolute atomic E-state index is 8.78. The molecule has 1 aliphatic rings. The average Bonchev–Trinajstić information content (AvgIpc) is 2.53. The summed E-state index contributed by atoms with van der Waals surface area (Å²) in [6, 6.07) is 3.84. The molecule has 7 nitrogen and oxygen atoms in total. The fraction of sp³-hybridized carbons (Fsp3) is 0.308. The molecule has 2 aromatic rings. The molecular formula is C13H14BrN5O2. The van der Waals surface area contributed by atoms with Gasteiger partial charge in [0.25, 0.3) is 0 Å². The van der Waals surface area contributed by atoms with Crippen LogP contribution in [0, 0.1) is 0 Å². The third-order valence-electron chi connectivity index (χ3n) is 3.38. The number of fused-ring (bicyclic) bond motifs is 1. The average molecular weight is 352 g/mol. The molecule has 0 aromatic carbocycles. The Morgan fingerprint density at radius 3 is 3.19 bits per heavy atom. The lowest BCUT2D eigenvalue weighted by Gasteiger charge is -2.34. The molecule has 3 heterocycles. The van der Waals surface area contributed by atoms with E-state index in [9.17, 15) is 0 Å². The van der Waals surface area contributed by atoms with Crippen LogP contribution in [0.2, 0.25) is 0 Å². The highest BCUT2D eigenvalue weighted by atomic mass is 79.9. The number of halogens is 1. The fourth-order valence-electron chi connectivity index (χ4n) is 2.36. The number of hydrogen-bond donors (Lipinski definition) is 2. The van der Waals surface area contributed by atoms with Crippen LogP contribution in [0.15, 0.2) is 34.2 Å². The molecule has 0 bridgehead atoms. The van der Waals surface area contributed by atoms with Gasteiger partial charge in [-0.15, -0.1) is 0 Å². The van der Waals surface area contributed by atoms with Gasteiger partial charge in [-0.3, -0.25) is 9.97 Å². The zero-order valence-electron chi connectivity index (χ0n) is 11.1. The van der Waals surface area contributed by atoms with Gasteiger partial charge in [-0.2, -0.15) is 0 Å². The summed E-state index contributed by atoms with van der Waals surface area (Å²) in [4.78, 5) is 10.9. The predicted octanol–water partition coefficient (Wildman–Crippen LogP) is 1.34. The first-order chi connectivity index (χ1) is 10.2. The highest BCUT2D eigenvalue weighted by Gasteiger charge is 2.25. The van der Waals surface area contributed by atoms with Gasteiger partial charge in [0.2, 0.25) is 0 Å². The first-order valence-electron chi connectivity index (χ1n) is 6.43. The van der Waals surface area contributed by atoms with Gasteiger partial charge in [0, 0.05) is 23.4 Å². The summed E-state index contributed by atoms with van der Waals surface area (Å²) in [7, 11) is 0. The fourth-order valence-corrected chi connectivity index (χ4v) is 2.68. The molecule has 21 heavy (non-hydrogen) atoms. The molecule has 0 spiro atoms. The van der Waals surface area contributed by atoms with Crippen LogP contribution >= 0.6 is 15.9 Å². The maximum Gasteiger partial charge on any atom is 0.170 e. The zero-order chi connectivity index (χ0) is 14.8. The SMILES string of the molecule is N/C(=N/O)C1CN(c2ccnc3cc(Br)cnc23)CCO1. The van der Waals surface area contributed by atoms with Crippen LogP contribution in [-0.2, 0) is 4.74 Å². The molecular weight excluding hydrogens is 338 g/mol. The predicted molar refractivity (Wildman–Crippen MR) is 82.6 cm³/mol. The molecule has 1 aliphatic heterocycles. The van der Waals surface area contributed by atoms with Crippen molar-refractivity contribution < 1.29 is 9.94 Å². The van der Waals surface area contributed by atoms with E-state index in [0.29, 0.717) is 19.7 Å². The van der Waals surface area contributed by atoms with Crippen molar-refractivity contribution in [1.29, 1.82) is 0 Å². The van der Waals surface area contributed by atoms with E-state index in [1.165, 1.54) is 0 Å². The normalized spacial score (nSPS) is 20.0. The standard InChI is InChI=1S/C13H14BrN5O2/c14-8-5-9-12(17-6-8)10(1-2-16-9)19-3-4-21-11(7-19)13(15)18-20/h1-2,5-6,11,20H,3-4,7H2,(H2,15,18). The first kappa shape index (κ1) is 14.0. The lowest BCUT2D eigenvalue weighted by Crippen LogP contribution is -2.48. The summed E-state index contributed by atoms with van der Waals surface area (Å²) in [5.74, 6) is 0.0776. The summed E-state index contributed by atoms with van der Waals surface area (Å²) < 4.78 is 6.40. The number of oxime groups is 1. The Hall–Kier alpha value is -1.93. The smallest absolute Gasteiger partial charge is 0.170 e. The van der Waals surface area contributed by atoms with Crippen LogP contribution in [0.4, 0.5) is 5.69 Å². The lowest BCUT2D eigenvalue weighted by molar-refractivity contribution is 0.0808. The van der Waals surface area contributed by atoms with Gasteiger partial charge < -0.3 is 20.6 Å². The Kier molecular flexibility index (Phi) is 3.89. The second-order valence-corrected chi connectivity index (χ2v) is 5.60. The Morgan fingerprint density at radius 2 is 2.38 bits per heavy atom. The van der Waals surface area contributed by atoms with Crippen molar-refractivity contribution >= 4 is 38.5 Å². The van der Waals surface area contributed by atoms with Gasteiger partial charge in [0.05, 0.1) is 24.4 Å². The van der Waals surface area contributed by atoms with Gasteiger partial charge in [0.15, 0.2) is 5.84 Å². The molecule has 3 N–H and O–H groups in total. The van der Waals surface area contributed by atoms with Crippen molar-refractivity contribution in [2.75, 3.05) is 24.6 Å². The van der Waals surface area contributed by atoms with Gasteiger partial charge in [-0.25, -0.2) is 0 Å². The van der Waals surface area contributed by atoms with Crippen molar-refractivity contribution in [3.05, 3.63) is 29.0 Å². The number of pyridine rings is 2. The molecule has 3 rings (SSSR count). The lowest BCUT2D eigenvalue weighted by atomic mass is 10.2. The minimum absolute atomic E-state index is 0.0776. The minimum Gasteiger partial charge on any atom is -0.409 e. The van der Waals surface area contributed by atoms with Crippen LogP contribution < -0.4 is 10.6 Å². The monoisotopic (exact) mass is 351 g/mol. The Labute approximate surface area is 129 Å². The molecule has 1 saturated heterocycles. The number of rotatable bonds is 2. The molecule has 8 heteroatoms. The van der Waals surface area contributed by atoms with Crippen LogP contribution in [0.25, 0.3) is 11.0 Å². The number of ether oxygens (including phenoxy) is 1. The van der Waals surface area contributed by atoms with Crippen LogP contribution in [0.5, 0.6) is 0 Å². The molecule has 1 atom stereocenters. The number of amidine groups is 1.